The average molecular weight is 354 g/mol. The van der Waals surface area contributed by atoms with Crippen molar-refractivity contribution in [3.8, 4) is 9.75 Å². The molecule has 2 rings (SSSR count). The van der Waals surface area contributed by atoms with Gasteiger partial charge in [0, 0.05) is 19.3 Å². The maximum atomic E-state index is 10.3. The van der Waals surface area contributed by atoms with Crippen LogP contribution in [0.1, 0.15) is 27.7 Å². The average Bonchev–Trinajstić information content (AvgIpc) is 3.06. The molecule has 0 amide bonds. The third-order valence-corrected chi connectivity index (χ3v) is 6.31. The molecule has 2 heterocycles. The third-order valence-electron chi connectivity index (χ3n) is 3.87. The SMILES string of the molecule is CC(C)(O)C(C)(C)OB(O)c1ccc(-c2ccc(B(O)O)s2)s1. The minimum atomic E-state index is -1.48. The predicted octanol–water partition coefficient (Wildman–Crippen LogP) is 0.410. The lowest BCUT2D eigenvalue weighted by molar-refractivity contribution is -0.0981. The van der Waals surface area contributed by atoms with Crippen LogP contribution in [0.4, 0.5) is 0 Å². The Morgan fingerprint density at radius 2 is 1.35 bits per heavy atom. The summed E-state index contributed by atoms with van der Waals surface area (Å²) in [6.07, 6.45) is 0. The lowest BCUT2D eigenvalue weighted by Crippen LogP contribution is -2.52. The molecule has 0 saturated carbocycles. The summed E-state index contributed by atoms with van der Waals surface area (Å²) >= 11 is 2.65. The Balaban J connectivity index is 2.15. The quantitative estimate of drug-likeness (QED) is 0.565. The van der Waals surface area contributed by atoms with Gasteiger partial charge in [-0.3, -0.25) is 0 Å². The zero-order valence-electron chi connectivity index (χ0n) is 13.5. The van der Waals surface area contributed by atoms with Crippen molar-refractivity contribution < 1.29 is 24.8 Å². The number of aliphatic hydroxyl groups is 1. The van der Waals surface area contributed by atoms with Gasteiger partial charge in [0.05, 0.1) is 11.2 Å². The first-order valence-electron chi connectivity index (χ1n) is 7.15. The Hall–Kier alpha value is -0.670. The van der Waals surface area contributed by atoms with Gasteiger partial charge in [-0.25, -0.2) is 0 Å². The van der Waals surface area contributed by atoms with Crippen molar-refractivity contribution in [2.24, 2.45) is 0 Å². The Morgan fingerprint density at radius 3 is 1.78 bits per heavy atom. The number of hydrogen-bond donors (Lipinski definition) is 4. The highest BCUT2D eigenvalue weighted by Gasteiger charge is 2.40. The molecule has 4 N–H and O–H groups in total. The highest BCUT2D eigenvalue weighted by atomic mass is 32.1. The van der Waals surface area contributed by atoms with Crippen LogP contribution >= 0.6 is 22.7 Å². The molecule has 9 heteroatoms. The number of thiophene rings is 2. The summed E-state index contributed by atoms with van der Waals surface area (Å²) < 4.78 is 6.71. The summed E-state index contributed by atoms with van der Waals surface area (Å²) in [6.45, 7) is 6.71. The predicted molar refractivity (Wildman–Crippen MR) is 96.5 cm³/mol. The van der Waals surface area contributed by atoms with Crippen molar-refractivity contribution in [3.63, 3.8) is 0 Å². The van der Waals surface area contributed by atoms with E-state index in [-0.39, 0.29) is 0 Å². The normalized spacial score (nSPS) is 12.5. The van der Waals surface area contributed by atoms with Crippen molar-refractivity contribution in [1.82, 2.24) is 0 Å². The Morgan fingerprint density at radius 1 is 0.870 bits per heavy atom. The van der Waals surface area contributed by atoms with Gasteiger partial charge in [-0.1, -0.05) is 12.1 Å². The lowest BCUT2D eigenvalue weighted by Gasteiger charge is -2.38. The highest BCUT2D eigenvalue weighted by molar-refractivity contribution is 7.30. The van der Waals surface area contributed by atoms with Crippen LogP contribution in [0.15, 0.2) is 24.3 Å². The van der Waals surface area contributed by atoms with E-state index < -0.39 is 25.4 Å². The van der Waals surface area contributed by atoms with Gasteiger partial charge in [-0.05, 0) is 39.8 Å². The monoisotopic (exact) mass is 354 g/mol. The Labute approximate surface area is 144 Å². The van der Waals surface area contributed by atoms with Gasteiger partial charge in [-0.2, -0.15) is 0 Å². The maximum Gasteiger partial charge on any atom is 0.502 e. The van der Waals surface area contributed by atoms with Crippen LogP contribution in [0, 0.1) is 0 Å². The molecule has 0 aromatic carbocycles. The highest BCUT2D eigenvalue weighted by Crippen LogP contribution is 2.29. The molecular weight excluding hydrogens is 334 g/mol. The standard InChI is InChI=1S/C14H20B2O5S2/c1-13(2,17)14(3,4)21-16(20)12-8-6-10(23-12)9-5-7-11(22-9)15(18)19/h5-8,17-20H,1-4H3. The fraction of sp³-hybridized carbons (Fsp3) is 0.429. The zero-order valence-corrected chi connectivity index (χ0v) is 15.1. The second-order valence-corrected chi connectivity index (χ2v) is 8.55. The zero-order chi connectivity index (χ0) is 17.4. The lowest BCUT2D eigenvalue weighted by atomic mass is 9.82. The van der Waals surface area contributed by atoms with E-state index in [0.717, 1.165) is 9.75 Å². The van der Waals surface area contributed by atoms with Crippen molar-refractivity contribution >= 4 is 46.5 Å². The van der Waals surface area contributed by atoms with E-state index >= 15 is 0 Å². The van der Waals surface area contributed by atoms with E-state index in [9.17, 15) is 10.1 Å². The van der Waals surface area contributed by atoms with Crippen LogP contribution in [0.5, 0.6) is 0 Å². The first kappa shape index (κ1) is 18.7. The summed E-state index contributed by atoms with van der Waals surface area (Å²) in [4.78, 5) is 1.79. The molecule has 2 aromatic rings. The summed E-state index contributed by atoms with van der Waals surface area (Å²) in [6, 6.07) is 7.08. The molecule has 0 unspecified atom stereocenters. The second-order valence-electron chi connectivity index (χ2n) is 6.32. The van der Waals surface area contributed by atoms with E-state index in [4.69, 9.17) is 14.7 Å². The fourth-order valence-corrected chi connectivity index (χ4v) is 3.62. The van der Waals surface area contributed by atoms with Gasteiger partial charge in [0.15, 0.2) is 0 Å². The fourth-order valence-electron chi connectivity index (χ4n) is 1.72. The first-order valence-corrected chi connectivity index (χ1v) is 8.79. The molecule has 0 fully saturated rings. The maximum absolute atomic E-state index is 10.3. The van der Waals surface area contributed by atoms with E-state index in [2.05, 4.69) is 0 Å². The molecule has 0 spiro atoms. The molecule has 0 aliphatic carbocycles. The third kappa shape index (κ3) is 4.24. The summed E-state index contributed by atoms with van der Waals surface area (Å²) in [5.41, 5.74) is -2.03. The van der Waals surface area contributed by atoms with Gasteiger partial charge in [0.2, 0.25) is 0 Å². The van der Waals surface area contributed by atoms with Gasteiger partial charge in [0.1, 0.15) is 0 Å². The molecule has 0 atom stereocenters. The van der Waals surface area contributed by atoms with E-state index in [0.29, 0.717) is 9.55 Å². The van der Waals surface area contributed by atoms with E-state index in [1.807, 2.05) is 12.1 Å². The van der Waals surface area contributed by atoms with Crippen LogP contribution in [0.2, 0.25) is 0 Å². The topological polar surface area (TPSA) is 90.2 Å². The molecule has 0 radical (unpaired) electrons. The van der Waals surface area contributed by atoms with Crippen molar-refractivity contribution in [3.05, 3.63) is 24.3 Å². The summed E-state index contributed by atoms with van der Waals surface area (Å²) in [7, 11) is -2.62. The molecule has 2 aromatic heterocycles. The first-order chi connectivity index (χ1) is 10.5. The van der Waals surface area contributed by atoms with E-state index in [1.165, 1.54) is 22.7 Å². The van der Waals surface area contributed by atoms with Crippen LogP contribution in [0.25, 0.3) is 9.75 Å². The van der Waals surface area contributed by atoms with Crippen molar-refractivity contribution in [2.45, 2.75) is 38.9 Å². The molecule has 5 nitrogen and oxygen atoms in total. The second kappa shape index (κ2) is 6.68. The van der Waals surface area contributed by atoms with Gasteiger partial charge < -0.3 is 24.8 Å². The summed E-state index contributed by atoms with van der Waals surface area (Å²) in [5.74, 6) is 0. The van der Waals surface area contributed by atoms with Gasteiger partial charge in [0.25, 0.3) is 0 Å². The molecule has 124 valence electrons. The van der Waals surface area contributed by atoms with Crippen molar-refractivity contribution in [1.29, 1.82) is 0 Å². The van der Waals surface area contributed by atoms with Crippen LogP contribution in [-0.2, 0) is 4.65 Å². The van der Waals surface area contributed by atoms with Crippen LogP contribution in [0.3, 0.4) is 0 Å². The minimum absolute atomic E-state index is 0.468. The minimum Gasteiger partial charge on any atom is -0.423 e. The largest absolute Gasteiger partial charge is 0.502 e. The van der Waals surface area contributed by atoms with Crippen LogP contribution in [-0.4, -0.2) is 45.6 Å². The summed E-state index contributed by atoms with van der Waals surface area (Å²) in [5, 5.41) is 38.7. The van der Waals surface area contributed by atoms with Gasteiger partial charge in [-0.15, -0.1) is 22.7 Å². The molecule has 0 aliphatic rings. The molecule has 0 aliphatic heterocycles. The number of rotatable bonds is 6. The number of hydrogen-bond acceptors (Lipinski definition) is 7. The molecular formula is C14H20B2O5S2. The Bertz CT molecular complexity index is 660. The van der Waals surface area contributed by atoms with E-state index in [1.54, 1.807) is 39.8 Å². The van der Waals surface area contributed by atoms with Gasteiger partial charge >= 0.3 is 14.2 Å². The molecule has 23 heavy (non-hydrogen) atoms. The Kier molecular flexibility index (Phi) is 5.42. The molecule has 0 bridgehead atoms. The molecule has 0 saturated heterocycles. The van der Waals surface area contributed by atoms with Crippen LogP contribution < -0.4 is 9.55 Å². The smallest absolute Gasteiger partial charge is 0.423 e. The van der Waals surface area contributed by atoms with Crippen molar-refractivity contribution in [2.75, 3.05) is 0 Å².